The van der Waals surface area contributed by atoms with Crippen LogP contribution in [0, 0.1) is 5.92 Å². The van der Waals surface area contributed by atoms with Crippen molar-refractivity contribution in [1.29, 1.82) is 0 Å². The molecule has 0 unspecified atom stereocenters. The number of likely N-dealkylation sites (N-methyl/N-ethyl adjacent to an activating group) is 1. The van der Waals surface area contributed by atoms with E-state index in [-0.39, 0.29) is 30.2 Å². The van der Waals surface area contributed by atoms with Gasteiger partial charge in [-0.1, -0.05) is 18.2 Å². The summed E-state index contributed by atoms with van der Waals surface area (Å²) in [5, 5.41) is 12.1. The van der Waals surface area contributed by atoms with E-state index < -0.39 is 12.0 Å². The van der Waals surface area contributed by atoms with Gasteiger partial charge < -0.3 is 21.1 Å². The number of benzene rings is 1. The first-order chi connectivity index (χ1) is 13.9. The van der Waals surface area contributed by atoms with Crippen LogP contribution in [0.25, 0.3) is 0 Å². The number of aliphatic carboxylic acids is 1. The van der Waals surface area contributed by atoms with E-state index in [0.29, 0.717) is 17.2 Å². The third-order valence-electron chi connectivity index (χ3n) is 6.47. The van der Waals surface area contributed by atoms with Crippen LogP contribution < -0.4 is 11.1 Å². The molecule has 0 saturated heterocycles. The van der Waals surface area contributed by atoms with Crippen molar-refractivity contribution in [3.8, 4) is 0 Å². The molecular weight excluding hydrogens is 370 g/mol. The molecule has 0 bridgehead atoms. The molecular formula is C22H31N3O4. The normalized spacial score (nSPS) is 23.0. The van der Waals surface area contributed by atoms with Crippen LogP contribution in [0.1, 0.15) is 60.9 Å². The van der Waals surface area contributed by atoms with Crippen molar-refractivity contribution in [2.45, 2.75) is 69.5 Å². The van der Waals surface area contributed by atoms with E-state index >= 15 is 0 Å². The van der Waals surface area contributed by atoms with Crippen molar-refractivity contribution in [3.05, 3.63) is 35.4 Å². The molecule has 0 aromatic heterocycles. The fraction of sp³-hybridized carbons (Fsp3) is 0.591. The van der Waals surface area contributed by atoms with Crippen LogP contribution in [0.5, 0.6) is 0 Å². The number of nitrogens with one attached hydrogen (secondary N) is 1. The largest absolute Gasteiger partial charge is 0.481 e. The standard InChI is InChI=1S/C22H31N3O4/c1-25(17-6-4-7-17)22(29)20(23)14-9-11-16(12-10-14)24-21(28)18-8-3-2-5-15(18)13-19(26)27/h2-3,5,8,14,16-17,20H,4,6-7,9-13,23H2,1H3,(H,24,28)(H,26,27)/t14?,16?,20-/m0/s1. The third-order valence-corrected chi connectivity index (χ3v) is 6.47. The first-order valence-corrected chi connectivity index (χ1v) is 10.5. The van der Waals surface area contributed by atoms with Crippen molar-refractivity contribution < 1.29 is 19.5 Å². The summed E-state index contributed by atoms with van der Waals surface area (Å²) in [4.78, 5) is 38.1. The van der Waals surface area contributed by atoms with E-state index in [1.165, 1.54) is 6.42 Å². The zero-order valence-corrected chi connectivity index (χ0v) is 17.0. The van der Waals surface area contributed by atoms with Crippen LogP contribution in [0.2, 0.25) is 0 Å². The Kier molecular flexibility index (Phi) is 6.90. The third kappa shape index (κ3) is 5.15. The van der Waals surface area contributed by atoms with Gasteiger partial charge in [-0.3, -0.25) is 14.4 Å². The van der Waals surface area contributed by atoms with Crippen molar-refractivity contribution in [3.63, 3.8) is 0 Å². The van der Waals surface area contributed by atoms with Gasteiger partial charge in [-0.25, -0.2) is 0 Å². The zero-order chi connectivity index (χ0) is 21.0. The molecule has 0 spiro atoms. The maximum atomic E-state index is 12.7. The summed E-state index contributed by atoms with van der Waals surface area (Å²) in [6, 6.07) is 6.68. The summed E-state index contributed by atoms with van der Waals surface area (Å²) in [5.74, 6) is -1.03. The first-order valence-electron chi connectivity index (χ1n) is 10.5. The topological polar surface area (TPSA) is 113 Å². The second kappa shape index (κ2) is 9.39. The Labute approximate surface area is 171 Å². The van der Waals surface area contributed by atoms with Crippen LogP contribution >= 0.6 is 0 Å². The molecule has 7 heteroatoms. The van der Waals surface area contributed by atoms with Crippen molar-refractivity contribution in [2.75, 3.05) is 7.05 Å². The SMILES string of the molecule is CN(C(=O)[C@@H](N)C1CCC(NC(=O)c2ccccc2CC(=O)O)CC1)C1CCC1. The Morgan fingerprint density at radius 2 is 1.79 bits per heavy atom. The summed E-state index contributed by atoms with van der Waals surface area (Å²) in [6.45, 7) is 0. The van der Waals surface area contributed by atoms with Gasteiger partial charge in [-0.15, -0.1) is 0 Å². The van der Waals surface area contributed by atoms with E-state index in [4.69, 9.17) is 10.8 Å². The van der Waals surface area contributed by atoms with E-state index in [0.717, 1.165) is 38.5 Å². The molecule has 1 atom stereocenters. The Morgan fingerprint density at radius 3 is 2.38 bits per heavy atom. The van der Waals surface area contributed by atoms with E-state index in [1.54, 1.807) is 24.3 Å². The minimum atomic E-state index is -0.962. The van der Waals surface area contributed by atoms with E-state index in [2.05, 4.69) is 5.32 Å². The Morgan fingerprint density at radius 1 is 1.14 bits per heavy atom. The molecule has 2 aliphatic rings. The van der Waals surface area contributed by atoms with Gasteiger partial charge in [0.05, 0.1) is 12.5 Å². The summed E-state index contributed by atoms with van der Waals surface area (Å²) >= 11 is 0. The number of carbonyl (C=O) groups excluding carboxylic acids is 2. The van der Waals surface area contributed by atoms with E-state index in [1.807, 2.05) is 11.9 Å². The molecule has 158 valence electrons. The summed E-state index contributed by atoms with van der Waals surface area (Å²) in [5.41, 5.74) is 7.20. The van der Waals surface area contributed by atoms with Gasteiger partial charge in [-0.2, -0.15) is 0 Å². The van der Waals surface area contributed by atoms with E-state index in [9.17, 15) is 14.4 Å². The number of hydrogen-bond acceptors (Lipinski definition) is 4. The molecule has 7 nitrogen and oxygen atoms in total. The van der Waals surface area contributed by atoms with Crippen LogP contribution in [0.3, 0.4) is 0 Å². The smallest absolute Gasteiger partial charge is 0.307 e. The maximum absolute atomic E-state index is 12.7. The number of hydrogen-bond donors (Lipinski definition) is 3. The number of carbonyl (C=O) groups is 3. The zero-order valence-electron chi connectivity index (χ0n) is 17.0. The fourth-order valence-electron chi connectivity index (χ4n) is 4.34. The molecule has 0 aliphatic heterocycles. The molecule has 2 saturated carbocycles. The minimum absolute atomic E-state index is 0.0169. The molecule has 4 N–H and O–H groups in total. The lowest BCUT2D eigenvalue weighted by atomic mass is 9.80. The summed E-state index contributed by atoms with van der Waals surface area (Å²) < 4.78 is 0. The van der Waals surface area contributed by atoms with Crippen LogP contribution in [0.15, 0.2) is 24.3 Å². The lowest BCUT2D eigenvalue weighted by Crippen LogP contribution is -2.52. The lowest BCUT2D eigenvalue weighted by molar-refractivity contribution is -0.137. The number of carboxylic acids is 1. The Balaban J connectivity index is 1.51. The molecule has 2 aliphatic carbocycles. The van der Waals surface area contributed by atoms with Gasteiger partial charge in [0.25, 0.3) is 5.91 Å². The maximum Gasteiger partial charge on any atom is 0.307 e. The Hall–Kier alpha value is -2.41. The van der Waals surface area contributed by atoms with Crippen molar-refractivity contribution in [1.82, 2.24) is 10.2 Å². The Bertz CT molecular complexity index is 754. The number of amides is 2. The highest BCUT2D eigenvalue weighted by Crippen LogP contribution is 2.29. The predicted octanol–water partition coefficient (Wildman–Crippen LogP) is 1.94. The lowest BCUT2D eigenvalue weighted by Gasteiger charge is -2.39. The molecule has 29 heavy (non-hydrogen) atoms. The van der Waals surface area contributed by atoms with Gasteiger partial charge in [0, 0.05) is 24.7 Å². The summed E-state index contributed by atoms with van der Waals surface area (Å²) in [6.07, 6.45) is 6.27. The number of nitrogens with two attached hydrogens (primary N) is 1. The van der Waals surface area contributed by atoms with Gasteiger partial charge >= 0.3 is 5.97 Å². The average Bonchev–Trinajstić information content (AvgIpc) is 2.66. The van der Waals surface area contributed by atoms with Gasteiger partial charge in [-0.05, 0) is 62.5 Å². The molecule has 1 aromatic rings. The van der Waals surface area contributed by atoms with Crippen molar-refractivity contribution >= 4 is 17.8 Å². The van der Waals surface area contributed by atoms with Gasteiger partial charge in [0.2, 0.25) is 5.91 Å². The number of carboxylic acid groups (broad SMARTS) is 1. The first kappa shape index (κ1) is 21.3. The van der Waals surface area contributed by atoms with Crippen LogP contribution in [-0.2, 0) is 16.0 Å². The molecule has 2 fully saturated rings. The molecule has 3 rings (SSSR count). The monoisotopic (exact) mass is 401 g/mol. The predicted molar refractivity (Wildman–Crippen MR) is 109 cm³/mol. The minimum Gasteiger partial charge on any atom is -0.481 e. The highest BCUT2D eigenvalue weighted by atomic mass is 16.4. The fourth-order valence-corrected chi connectivity index (χ4v) is 4.34. The van der Waals surface area contributed by atoms with Crippen molar-refractivity contribution in [2.24, 2.45) is 11.7 Å². The highest BCUT2D eigenvalue weighted by molar-refractivity contribution is 5.96. The molecule has 2 amide bonds. The quantitative estimate of drug-likeness (QED) is 0.646. The summed E-state index contributed by atoms with van der Waals surface area (Å²) in [7, 11) is 1.85. The molecule has 1 aromatic carbocycles. The van der Waals surface area contributed by atoms with Gasteiger partial charge in [0.1, 0.15) is 0 Å². The van der Waals surface area contributed by atoms with Gasteiger partial charge in [0.15, 0.2) is 0 Å². The highest BCUT2D eigenvalue weighted by Gasteiger charge is 2.34. The molecule has 0 radical (unpaired) electrons. The van der Waals surface area contributed by atoms with Crippen LogP contribution in [-0.4, -0.2) is 53.0 Å². The average molecular weight is 402 g/mol. The number of rotatable bonds is 7. The second-order valence-corrected chi connectivity index (χ2v) is 8.37. The molecule has 0 heterocycles. The second-order valence-electron chi connectivity index (χ2n) is 8.37. The number of nitrogens with zero attached hydrogens (tertiary/aromatic N) is 1. The van der Waals surface area contributed by atoms with Crippen LogP contribution in [0.4, 0.5) is 0 Å².